The van der Waals surface area contributed by atoms with Gasteiger partial charge in [-0.3, -0.25) is 9.59 Å². The SMILES string of the molecule is O=C(Nc1cccc(C(F)(F)F)c1)c1c(NC(=O)C(F)(F)F)sc2c1CCCCC2. The molecule has 2 N–H and O–H groups in total. The van der Waals surface area contributed by atoms with Crippen LogP contribution in [0.15, 0.2) is 24.3 Å². The van der Waals surface area contributed by atoms with Crippen LogP contribution in [0.4, 0.5) is 37.0 Å². The molecule has 0 atom stereocenters. The summed E-state index contributed by atoms with van der Waals surface area (Å²) in [4.78, 5) is 25.0. The van der Waals surface area contributed by atoms with Gasteiger partial charge in [-0.05, 0) is 49.4 Å². The van der Waals surface area contributed by atoms with Gasteiger partial charge in [-0.15, -0.1) is 11.3 Å². The van der Waals surface area contributed by atoms with Gasteiger partial charge >= 0.3 is 18.3 Å². The van der Waals surface area contributed by atoms with Crippen LogP contribution in [0.25, 0.3) is 0 Å². The molecule has 30 heavy (non-hydrogen) atoms. The summed E-state index contributed by atoms with van der Waals surface area (Å²) in [5.74, 6) is -3.08. The summed E-state index contributed by atoms with van der Waals surface area (Å²) in [5.41, 5.74) is -0.738. The summed E-state index contributed by atoms with van der Waals surface area (Å²) in [5, 5.41) is 3.80. The molecule has 1 aromatic heterocycles. The largest absolute Gasteiger partial charge is 0.471 e. The molecule has 0 spiro atoms. The smallest absolute Gasteiger partial charge is 0.322 e. The summed E-state index contributed by atoms with van der Waals surface area (Å²) >= 11 is 0.893. The normalized spacial score (nSPS) is 14.6. The van der Waals surface area contributed by atoms with E-state index in [0.29, 0.717) is 29.7 Å². The average Bonchev–Trinajstić information content (AvgIpc) is 2.81. The monoisotopic (exact) mass is 450 g/mol. The van der Waals surface area contributed by atoms with Crippen LogP contribution in [-0.2, 0) is 23.8 Å². The zero-order valence-electron chi connectivity index (χ0n) is 15.3. The molecule has 1 heterocycles. The van der Waals surface area contributed by atoms with Crippen LogP contribution < -0.4 is 10.6 Å². The third kappa shape index (κ3) is 4.94. The topological polar surface area (TPSA) is 58.2 Å². The van der Waals surface area contributed by atoms with Gasteiger partial charge in [0.2, 0.25) is 0 Å². The molecular weight excluding hydrogens is 434 g/mol. The van der Waals surface area contributed by atoms with Crippen molar-refractivity contribution in [3.05, 3.63) is 45.8 Å². The fourth-order valence-corrected chi connectivity index (χ4v) is 4.49. The maximum atomic E-state index is 12.9. The lowest BCUT2D eigenvalue weighted by Gasteiger charge is -2.12. The lowest BCUT2D eigenvalue weighted by atomic mass is 10.0. The van der Waals surface area contributed by atoms with Crippen molar-refractivity contribution in [2.24, 2.45) is 0 Å². The van der Waals surface area contributed by atoms with Crippen molar-refractivity contribution in [3.63, 3.8) is 0 Å². The Labute approximate surface area is 171 Å². The minimum Gasteiger partial charge on any atom is -0.322 e. The molecule has 0 bridgehead atoms. The summed E-state index contributed by atoms with van der Waals surface area (Å²) in [7, 11) is 0. The number of fused-ring (bicyclic) bond motifs is 1. The van der Waals surface area contributed by atoms with E-state index in [0.717, 1.165) is 42.4 Å². The first-order valence-electron chi connectivity index (χ1n) is 8.98. The number of nitrogens with one attached hydrogen (secondary N) is 2. The van der Waals surface area contributed by atoms with Gasteiger partial charge in [0.25, 0.3) is 5.91 Å². The summed E-state index contributed by atoms with van der Waals surface area (Å²) in [6.45, 7) is 0. The number of alkyl halides is 6. The van der Waals surface area contributed by atoms with Crippen LogP contribution in [0.2, 0.25) is 0 Å². The van der Waals surface area contributed by atoms with E-state index in [-0.39, 0.29) is 16.3 Å². The van der Waals surface area contributed by atoms with Crippen molar-refractivity contribution in [3.8, 4) is 0 Å². The van der Waals surface area contributed by atoms with Gasteiger partial charge in [0.15, 0.2) is 0 Å². The van der Waals surface area contributed by atoms with E-state index in [1.54, 1.807) is 5.32 Å². The molecule has 162 valence electrons. The van der Waals surface area contributed by atoms with Crippen molar-refractivity contribution < 1.29 is 35.9 Å². The molecule has 0 radical (unpaired) electrons. The molecule has 4 nitrogen and oxygen atoms in total. The van der Waals surface area contributed by atoms with Crippen LogP contribution in [-0.4, -0.2) is 18.0 Å². The molecule has 0 saturated carbocycles. The Kier molecular flexibility index (Phi) is 6.11. The Bertz CT molecular complexity index is 965. The van der Waals surface area contributed by atoms with Gasteiger partial charge in [-0.25, -0.2) is 0 Å². The van der Waals surface area contributed by atoms with E-state index in [2.05, 4.69) is 5.32 Å². The molecule has 0 saturated heterocycles. The van der Waals surface area contributed by atoms with E-state index in [1.807, 2.05) is 0 Å². The van der Waals surface area contributed by atoms with Gasteiger partial charge in [0.1, 0.15) is 5.00 Å². The molecule has 1 aromatic carbocycles. The lowest BCUT2D eigenvalue weighted by Crippen LogP contribution is -2.30. The fourth-order valence-electron chi connectivity index (χ4n) is 3.21. The van der Waals surface area contributed by atoms with E-state index >= 15 is 0 Å². The van der Waals surface area contributed by atoms with Crippen LogP contribution >= 0.6 is 11.3 Å². The number of hydrogen-bond donors (Lipinski definition) is 2. The van der Waals surface area contributed by atoms with E-state index in [9.17, 15) is 35.9 Å². The van der Waals surface area contributed by atoms with Gasteiger partial charge < -0.3 is 10.6 Å². The molecule has 0 unspecified atom stereocenters. The minimum atomic E-state index is -5.14. The van der Waals surface area contributed by atoms with E-state index < -0.39 is 29.7 Å². The van der Waals surface area contributed by atoms with Gasteiger partial charge in [0, 0.05) is 10.6 Å². The van der Waals surface area contributed by atoms with E-state index in [1.165, 1.54) is 6.07 Å². The quantitative estimate of drug-likeness (QED) is 0.460. The van der Waals surface area contributed by atoms with Gasteiger partial charge in [0.05, 0.1) is 11.1 Å². The Morgan fingerprint density at radius 2 is 1.63 bits per heavy atom. The van der Waals surface area contributed by atoms with Crippen LogP contribution in [0.3, 0.4) is 0 Å². The molecule has 1 aliphatic carbocycles. The minimum absolute atomic E-state index is 0.132. The second kappa shape index (κ2) is 8.29. The number of hydrogen-bond acceptors (Lipinski definition) is 3. The predicted octanol–water partition coefficient (Wildman–Crippen LogP) is 5.79. The lowest BCUT2D eigenvalue weighted by molar-refractivity contribution is -0.167. The number of amides is 2. The first-order valence-corrected chi connectivity index (χ1v) is 9.80. The number of carbonyl (C=O) groups excluding carboxylic acids is 2. The first kappa shape index (κ1) is 22.1. The molecule has 0 aliphatic heterocycles. The molecule has 2 amide bonds. The second-order valence-corrected chi connectivity index (χ2v) is 7.86. The van der Waals surface area contributed by atoms with Crippen molar-refractivity contribution >= 4 is 33.8 Å². The maximum absolute atomic E-state index is 12.9. The Morgan fingerprint density at radius 1 is 0.933 bits per heavy atom. The van der Waals surface area contributed by atoms with Crippen LogP contribution in [0, 0.1) is 0 Å². The van der Waals surface area contributed by atoms with Crippen molar-refractivity contribution in [1.82, 2.24) is 0 Å². The third-order valence-electron chi connectivity index (χ3n) is 4.58. The first-order chi connectivity index (χ1) is 14.0. The highest BCUT2D eigenvalue weighted by Gasteiger charge is 2.40. The molecule has 3 rings (SSSR count). The number of benzene rings is 1. The number of carbonyl (C=O) groups is 2. The van der Waals surface area contributed by atoms with Gasteiger partial charge in [-0.1, -0.05) is 12.5 Å². The zero-order chi connectivity index (χ0) is 22.1. The highest BCUT2D eigenvalue weighted by molar-refractivity contribution is 7.17. The summed E-state index contributed by atoms with van der Waals surface area (Å²) < 4.78 is 76.8. The predicted molar refractivity (Wildman–Crippen MR) is 99.7 cm³/mol. The van der Waals surface area contributed by atoms with Crippen LogP contribution in [0.5, 0.6) is 0 Å². The van der Waals surface area contributed by atoms with Crippen molar-refractivity contribution in [1.29, 1.82) is 0 Å². The Hall–Kier alpha value is -2.56. The number of aryl methyl sites for hydroxylation is 1. The molecular formula is C19H16F6N2O2S. The zero-order valence-corrected chi connectivity index (χ0v) is 16.2. The molecule has 1 aliphatic rings. The summed E-state index contributed by atoms with van der Waals surface area (Å²) in [6.07, 6.45) is -6.41. The Balaban J connectivity index is 1.96. The fraction of sp³-hybridized carbons (Fsp3) is 0.368. The van der Waals surface area contributed by atoms with Gasteiger partial charge in [-0.2, -0.15) is 26.3 Å². The number of anilines is 2. The number of thiophene rings is 1. The average molecular weight is 450 g/mol. The molecule has 2 aromatic rings. The highest BCUT2D eigenvalue weighted by atomic mass is 32.1. The highest BCUT2D eigenvalue weighted by Crippen LogP contribution is 2.39. The van der Waals surface area contributed by atoms with Crippen LogP contribution in [0.1, 0.15) is 45.6 Å². The number of rotatable bonds is 3. The van der Waals surface area contributed by atoms with Crippen molar-refractivity contribution in [2.75, 3.05) is 10.6 Å². The van der Waals surface area contributed by atoms with Crippen molar-refractivity contribution in [2.45, 2.75) is 44.5 Å². The maximum Gasteiger partial charge on any atom is 0.471 e. The number of halogens is 6. The molecule has 11 heteroatoms. The Morgan fingerprint density at radius 3 is 2.30 bits per heavy atom. The van der Waals surface area contributed by atoms with E-state index in [4.69, 9.17) is 0 Å². The molecule has 0 fully saturated rings. The second-order valence-electron chi connectivity index (χ2n) is 6.75. The summed E-state index contributed by atoms with van der Waals surface area (Å²) in [6, 6.07) is 3.92. The third-order valence-corrected chi connectivity index (χ3v) is 5.79. The standard InChI is InChI=1S/C19H16F6N2O2S/c20-18(21,22)10-5-4-6-11(9-10)26-15(28)14-12-7-2-1-3-8-13(12)30-16(14)27-17(29)19(23,24)25/h4-6,9H,1-3,7-8H2,(H,26,28)(H,27,29).